The van der Waals surface area contributed by atoms with Crippen LogP contribution in [0.25, 0.3) is 0 Å². The summed E-state index contributed by atoms with van der Waals surface area (Å²) >= 11 is 6.03. The summed E-state index contributed by atoms with van der Waals surface area (Å²) in [5.41, 5.74) is 1.18. The Hall–Kier alpha value is -0.770. The molecule has 18 heavy (non-hydrogen) atoms. The maximum absolute atomic E-state index is 6.03. The Labute approximate surface area is 114 Å². The van der Waals surface area contributed by atoms with Gasteiger partial charge in [0.2, 0.25) is 0 Å². The number of hydrogen-bond donors (Lipinski definition) is 1. The number of nitrogens with one attached hydrogen (secondary N) is 1. The number of methoxy groups -OCH3 is 2. The van der Waals surface area contributed by atoms with Crippen molar-refractivity contribution in [3.8, 4) is 5.75 Å². The second-order valence-corrected chi connectivity index (χ2v) is 4.94. The van der Waals surface area contributed by atoms with Crippen molar-refractivity contribution < 1.29 is 9.47 Å². The third kappa shape index (κ3) is 4.16. The Balaban J connectivity index is 2.81. The molecule has 1 rings (SSSR count). The average Bonchev–Trinajstić information content (AvgIpc) is 2.37. The summed E-state index contributed by atoms with van der Waals surface area (Å²) in [6.07, 6.45) is 1.01. The first-order chi connectivity index (χ1) is 8.62. The van der Waals surface area contributed by atoms with Crippen LogP contribution in [0.15, 0.2) is 18.2 Å². The van der Waals surface area contributed by atoms with Gasteiger partial charge in [0.25, 0.3) is 0 Å². The van der Waals surface area contributed by atoms with Gasteiger partial charge in [-0.05, 0) is 37.1 Å². The number of rotatable bonds is 7. The van der Waals surface area contributed by atoms with Gasteiger partial charge >= 0.3 is 0 Å². The van der Waals surface area contributed by atoms with Crippen LogP contribution in [-0.4, -0.2) is 27.9 Å². The summed E-state index contributed by atoms with van der Waals surface area (Å²) in [5.74, 6) is 1.21. The standard InChI is InChI=1S/C14H22ClNO2/c1-10(9-17-3)7-13(16-2)11-5-6-12(15)14(8-11)18-4/h5-6,8,10,13,16H,7,9H2,1-4H3. The molecule has 0 fully saturated rings. The maximum atomic E-state index is 6.03. The van der Waals surface area contributed by atoms with Crippen molar-refractivity contribution in [3.05, 3.63) is 28.8 Å². The van der Waals surface area contributed by atoms with Crippen LogP contribution >= 0.6 is 11.6 Å². The largest absolute Gasteiger partial charge is 0.495 e. The van der Waals surface area contributed by atoms with Crippen LogP contribution < -0.4 is 10.1 Å². The van der Waals surface area contributed by atoms with Gasteiger partial charge in [0.15, 0.2) is 0 Å². The van der Waals surface area contributed by atoms with Crippen molar-refractivity contribution in [1.82, 2.24) is 5.32 Å². The lowest BCUT2D eigenvalue weighted by molar-refractivity contribution is 0.150. The van der Waals surface area contributed by atoms with Crippen molar-refractivity contribution in [2.24, 2.45) is 5.92 Å². The van der Waals surface area contributed by atoms with Crippen LogP contribution in [-0.2, 0) is 4.74 Å². The Morgan fingerprint density at radius 1 is 1.33 bits per heavy atom. The highest BCUT2D eigenvalue weighted by Gasteiger charge is 2.15. The molecule has 0 aliphatic heterocycles. The van der Waals surface area contributed by atoms with Crippen molar-refractivity contribution >= 4 is 11.6 Å². The van der Waals surface area contributed by atoms with Gasteiger partial charge in [-0.25, -0.2) is 0 Å². The van der Waals surface area contributed by atoms with E-state index in [0.717, 1.165) is 13.0 Å². The summed E-state index contributed by atoms with van der Waals surface area (Å²) in [5, 5.41) is 3.96. The molecule has 102 valence electrons. The molecule has 0 saturated carbocycles. The highest BCUT2D eigenvalue weighted by Crippen LogP contribution is 2.30. The summed E-state index contributed by atoms with van der Waals surface area (Å²) in [7, 11) is 5.33. The van der Waals surface area contributed by atoms with Crippen molar-refractivity contribution in [3.63, 3.8) is 0 Å². The minimum absolute atomic E-state index is 0.279. The molecule has 0 amide bonds. The third-order valence-corrected chi connectivity index (χ3v) is 3.33. The van der Waals surface area contributed by atoms with E-state index < -0.39 is 0 Å². The molecule has 4 heteroatoms. The number of benzene rings is 1. The van der Waals surface area contributed by atoms with E-state index in [1.165, 1.54) is 5.56 Å². The molecule has 0 bridgehead atoms. The quantitative estimate of drug-likeness (QED) is 0.826. The average molecular weight is 272 g/mol. The SMILES string of the molecule is CNC(CC(C)COC)c1ccc(Cl)c(OC)c1. The maximum Gasteiger partial charge on any atom is 0.137 e. The van der Waals surface area contributed by atoms with Gasteiger partial charge in [-0.2, -0.15) is 0 Å². The van der Waals surface area contributed by atoms with Gasteiger partial charge in [-0.15, -0.1) is 0 Å². The molecule has 2 atom stereocenters. The van der Waals surface area contributed by atoms with Crippen LogP contribution in [0.2, 0.25) is 5.02 Å². The fourth-order valence-electron chi connectivity index (χ4n) is 2.07. The first kappa shape index (κ1) is 15.3. The Morgan fingerprint density at radius 3 is 2.61 bits per heavy atom. The fraction of sp³-hybridized carbons (Fsp3) is 0.571. The van der Waals surface area contributed by atoms with Crippen molar-refractivity contribution in [2.75, 3.05) is 27.9 Å². The fourth-order valence-corrected chi connectivity index (χ4v) is 2.26. The minimum Gasteiger partial charge on any atom is -0.495 e. The van der Waals surface area contributed by atoms with Gasteiger partial charge in [0.1, 0.15) is 5.75 Å². The minimum atomic E-state index is 0.279. The Kier molecular flexibility index (Phi) is 6.47. The molecular formula is C14H22ClNO2. The molecule has 0 radical (unpaired) electrons. The highest BCUT2D eigenvalue weighted by molar-refractivity contribution is 6.32. The summed E-state index contributed by atoms with van der Waals surface area (Å²) in [4.78, 5) is 0. The molecule has 0 spiro atoms. The number of halogens is 1. The first-order valence-corrected chi connectivity index (χ1v) is 6.49. The number of ether oxygens (including phenoxy) is 2. The smallest absolute Gasteiger partial charge is 0.137 e. The first-order valence-electron chi connectivity index (χ1n) is 6.12. The second-order valence-electron chi connectivity index (χ2n) is 4.53. The van der Waals surface area contributed by atoms with Crippen molar-refractivity contribution in [1.29, 1.82) is 0 Å². The van der Waals surface area contributed by atoms with E-state index in [9.17, 15) is 0 Å². The van der Waals surface area contributed by atoms with E-state index in [1.54, 1.807) is 14.2 Å². The summed E-state index contributed by atoms with van der Waals surface area (Å²) in [6, 6.07) is 6.18. The van der Waals surface area contributed by atoms with Gasteiger partial charge in [0.05, 0.1) is 12.1 Å². The summed E-state index contributed by atoms with van der Waals surface area (Å²) < 4.78 is 10.4. The molecule has 0 aromatic heterocycles. The topological polar surface area (TPSA) is 30.5 Å². The predicted octanol–water partition coefficient (Wildman–Crippen LogP) is 3.28. The van der Waals surface area contributed by atoms with E-state index in [0.29, 0.717) is 16.7 Å². The van der Waals surface area contributed by atoms with E-state index in [4.69, 9.17) is 21.1 Å². The lowest BCUT2D eigenvalue weighted by Crippen LogP contribution is -2.20. The van der Waals surface area contributed by atoms with E-state index in [1.807, 2.05) is 25.2 Å². The van der Waals surface area contributed by atoms with Gasteiger partial charge in [-0.3, -0.25) is 0 Å². The Morgan fingerprint density at radius 2 is 2.06 bits per heavy atom. The van der Waals surface area contributed by atoms with E-state index in [-0.39, 0.29) is 6.04 Å². The third-order valence-electron chi connectivity index (χ3n) is 3.02. The van der Waals surface area contributed by atoms with Crippen LogP contribution in [0.1, 0.15) is 24.9 Å². The normalized spacial score (nSPS) is 14.3. The Bertz CT molecular complexity index is 371. The zero-order chi connectivity index (χ0) is 13.5. The molecule has 1 N–H and O–H groups in total. The molecule has 0 aliphatic carbocycles. The molecule has 0 saturated heterocycles. The molecule has 0 aliphatic rings. The molecular weight excluding hydrogens is 250 g/mol. The zero-order valence-corrected chi connectivity index (χ0v) is 12.3. The number of hydrogen-bond acceptors (Lipinski definition) is 3. The van der Waals surface area contributed by atoms with Crippen molar-refractivity contribution in [2.45, 2.75) is 19.4 Å². The van der Waals surface area contributed by atoms with Crippen LogP contribution in [0.3, 0.4) is 0 Å². The predicted molar refractivity (Wildman–Crippen MR) is 75.5 cm³/mol. The lowest BCUT2D eigenvalue weighted by Gasteiger charge is -2.21. The zero-order valence-electron chi connectivity index (χ0n) is 11.5. The van der Waals surface area contributed by atoms with Crippen LogP contribution in [0.4, 0.5) is 0 Å². The molecule has 2 unspecified atom stereocenters. The van der Waals surface area contributed by atoms with Gasteiger partial charge < -0.3 is 14.8 Å². The second kappa shape index (κ2) is 7.62. The van der Waals surface area contributed by atoms with E-state index >= 15 is 0 Å². The van der Waals surface area contributed by atoms with E-state index in [2.05, 4.69) is 12.2 Å². The van der Waals surface area contributed by atoms with Gasteiger partial charge in [0, 0.05) is 19.8 Å². The molecule has 1 aromatic carbocycles. The van der Waals surface area contributed by atoms with Crippen LogP contribution in [0, 0.1) is 5.92 Å². The lowest BCUT2D eigenvalue weighted by atomic mass is 9.96. The summed E-state index contributed by atoms with van der Waals surface area (Å²) in [6.45, 7) is 2.95. The molecule has 1 aromatic rings. The molecule has 0 heterocycles. The van der Waals surface area contributed by atoms with Crippen LogP contribution in [0.5, 0.6) is 5.75 Å². The van der Waals surface area contributed by atoms with Gasteiger partial charge in [-0.1, -0.05) is 24.6 Å². The monoisotopic (exact) mass is 271 g/mol. The molecule has 3 nitrogen and oxygen atoms in total. The highest BCUT2D eigenvalue weighted by atomic mass is 35.5.